The van der Waals surface area contributed by atoms with Crippen LogP contribution >= 0.6 is 0 Å². The van der Waals surface area contributed by atoms with Crippen LogP contribution in [0.3, 0.4) is 0 Å². The largest absolute Gasteiger partial charge is 0.426 e. The van der Waals surface area contributed by atoms with Crippen molar-refractivity contribution in [2.75, 3.05) is 0 Å². The van der Waals surface area contributed by atoms with E-state index in [9.17, 15) is 4.79 Å². The number of carbonyl (C=O) groups excluding carboxylic acids is 1. The Kier molecular flexibility index (Phi) is 2.49. The van der Waals surface area contributed by atoms with E-state index < -0.39 is 0 Å². The Bertz CT molecular complexity index is 649. The number of allylic oxidation sites excluding steroid dienone is 2. The van der Waals surface area contributed by atoms with Crippen LogP contribution in [-0.4, -0.2) is 5.97 Å². The second-order valence-corrected chi connectivity index (χ2v) is 8.03. The standard InChI is InChI=1S/C20H22O2/c1-20(19(21)22-15-5-3-2-4-6-15)11-14-10-16(20)18-13-8-7-12(9-13)17(14)18/h2-8,12-14,16-18H,9-11H2,1H3. The molecule has 0 spiro atoms. The van der Waals surface area contributed by atoms with Crippen molar-refractivity contribution in [1.29, 1.82) is 0 Å². The smallest absolute Gasteiger partial charge is 0.317 e. The van der Waals surface area contributed by atoms with Gasteiger partial charge in [0, 0.05) is 0 Å². The number of para-hydroxylation sites is 1. The summed E-state index contributed by atoms with van der Waals surface area (Å²) in [5.41, 5.74) is -0.278. The van der Waals surface area contributed by atoms with E-state index in [0.29, 0.717) is 11.7 Å². The first-order valence-corrected chi connectivity index (χ1v) is 8.62. The Morgan fingerprint density at radius 1 is 1.09 bits per heavy atom. The number of hydrogen-bond acceptors (Lipinski definition) is 2. The molecule has 0 aliphatic heterocycles. The average molecular weight is 294 g/mol. The molecule has 3 saturated carbocycles. The average Bonchev–Trinajstić information content (AvgIpc) is 3.26. The van der Waals surface area contributed by atoms with E-state index >= 15 is 0 Å². The van der Waals surface area contributed by atoms with Gasteiger partial charge in [-0.2, -0.15) is 0 Å². The number of esters is 1. The molecule has 22 heavy (non-hydrogen) atoms. The third-order valence-corrected chi connectivity index (χ3v) is 7.07. The van der Waals surface area contributed by atoms with Gasteiger partial charge in [0.2, 0.25) is 0 Å². The molecule has 0 heterocycles. The molecule has 5 rings (SSSR count). The topological polar surface area (TPSA) is 26.3 Å². The van der Waals surface area contributed by atoms with Crippen molar-refractivity contribution in [3.63, 3.8) is 0 Å². The fourth-order valence-corrected chi connectivity index (χ4v) is 6.32. The van der Waals surface area contributed by atoms with Crippen LogP contribution in [0.15, 0.2) is 42.5 Å². The van der Waals surface area contributed by atoms with E-state index in [2.05, 4.69) is 19.1 Å². The lowest BCUT2D eigenvalue weighted by Crippen LogP contribution is -2.44. The van der Waals surface area contributed by atoms with E-state index in [1.807, 2.05) is 30.3 Å². The van der Waals surface area contributed by atoms with Crippen LogP contribution in [0.2, 0.25) is 0 Å². The maximum Gasteiger partial charge on any atom is 0.317 e. The second kappa shape index (κ2) is 4.24. The minimum atomic E-state index is -0.278. The molecule has 0 aromatic heterocycles. The molecule has 0 radical (unpaired) electrons. The predicted octanol–water partition coefficient (Wildman–Crippen LogP) is 4.08. The summed E-state index contributed by atoms with van der Waals surface area (Å²) in [4.78, 5) is 12.9. The third kappa shape index (κ3) is 1.53. The number of rotatable bonds is 2. The van der Waals surface area contributed by atoms with Gasteiger partial charge in [-0.3, -0.25) is 4.79 Å². The Balaban J connectivity index is 1.42. The Labute approximate surface area is 131 Å². The second-order valence-electron chi connectivity index (χ2n) is 8.03. The first-order chi connectivity index (χ1) is 10.7. The molecule has 7 atom stereocenters. The van der Waals surface area contributed by atoms with Crippen LogP contribution in [0.4, 0.5) is 0 Å². The SMILES string of the molecule is CC1(C(=O)Oc2ccccc2)CC2CC1C1C3C=CC(C3)C21. The predicted molar refractivity (Wildman–Crippen MR) is 84.1 cm³/mol. The molecule has 114 valence electrons. The van der Waals surface area contributed by atoms with Crippen LogP contribution in [0.25, 0.3) is 0 Å². The maximum atomic E-state index is 12.9. The monoisotopic (exact) mass is 294 g/mol. The number of benzene rings is 1. The van der Waals surface area contributed by atoms with Crippen molar-refractivity contribution in [3.05, 3.63) is 42.5 Å². The van der Waals surface area contributed by atoms with Gasteiger partial charge >= 0.3 is 5.97 Å². The lowest BCUT2D eigenvalue weighted by molar-refractivity contribution is -0.150. The quantitative estimate of drug-likeness (QED) is 0.355. The van der Waals surface area contributed by atoms with Crippen molar-refractivity contribution in [2.45, 2.75) is 26.2 Å². The molecular formula is C20H22O2. The molecular weight excluding hydrogens is 272 g/mol. The summed E-state index contributed by atoms with van der Waals surface area (Å²) in [5.74, 6) is 5.08. The zero-order valence-corrected chi connectivity index (χ0v) is 12.9. The van der Waals surface area contributed by atoms with Gasteiger partial charge < -0.3 is 4.74 Å². The molecule has 0 amide bonds. The number of fused-ring (bicyclic) bond motifs is 9. The van der Waals surface area contributed by atoms with Crippen molar-refractivity contribution in [3.8, 4) is 5.75 Å². The highest BCUT2D eigenvalue weighted by molar-refractivity contribution is 5.80. The third-order valence-electron chi connectivity index (χ3n) is 7.07. The summed E-state index contributed by atoms with van der Waals surface area (Å²) >= 11 is 0. The van der Waals surface area contributed by atoms with Gasteiger partial charge in [0.1, 0.15) is 5.75 Å². The Morgan fingerprint density at radius 3 is 2.59 bits per heavy atom. The van der Waals surface area contributed by atoms with Gasteiger partial charge in [-0.25, -0.2) is 0 Å². The molecule has 3 fully saturated rings. The minimum Gasteiger partial charge on any atom is -0.426 e. The highest BCUT2D eigenvalue weighted by Crippen LogP contribution is 2.70. The molecule has 2 heteroatoms. The fraction of sp³-hybridized carbons (Fsp3) is 0.550. The van der Waals surface area contributed by atoms with Crippen LogP contribution in [-0.2, 0) is 4.79 Å². The van der Waals surface area contributed by atoms with E-state index in [4.69, 9.17) is 4.74 Å². The van der Waals surface area contributed by atoms with Crippen molar-refractivity contribution < 1.29 is 9.53 Å². The van der Waals surface area contributed by atoms with Crippen molar-refractivity contribution >= 4 is 5.97 Å². The van der Waals surface area contributed by atoms with Crippen LogP contribution in [0.5, 0.6) is 5.75 Å². The summed E-state index contributed by atoms with van der Waals surface area (Å²) in [7, 11) is 0. The minimum absolute atomic E-state index is 0.00333. The van der Waals surface area contributed by atoms with Crippen molar-refractivity contribution in [1.82, 2.24) is 0 Å². The zero-order valence-electron chi connectivity index (χ0n) is 12.9. The van der Waals surface area contributed by atoms with Gasteiger partial charge in [0.25, 0.3) is 0 Å². The van der Waals surface area contributed by atoms with Gasteiger partial charge in [0.15, 0.2) is 0 Å². The Hall–Kier alpha value is -1.57. The molecule has 0 saturated heterocycles. The Morgan fingerprint density at radius 2 is 1.82 bits per heavy atom. The lowest BCUT2D eigenvalue weighted by atomic mass is 9.63. The normalized spacial score (nSPS) is 47.0. The zero-order chi connectivity index (χ0) is 14.9. The van der Waals surface area contributed by atoms with Gasteiger partial charge in [-0.15, -0.1) is 0 Å². The molecule has 0 N–H and O–H groups in total. The van der Waals surface area contributed by atoms with Gasteiger partial charge in [-0.1, -0.05) is 30.4 Å². The molecule has 4 aliphatic carbocycles. The number of hydrogen-bond donors (Lipinski definition) is 0. The molecule has 1 aromatic carbocycles. The van der Waals surface area contributed by atoms with E-state index in [0.717, 1.165) is 36.0 Å². The van der Waals surface area contributed by atoms with Crippen LogP contribution < -0.4 is 4.74 Å². The first kappa shape index (κ1) is 12.9. The number of ether oxygens (including phenoxy) is 1. The molecule has 2 nitrogen and oxygen atoms in total. The molecule has 1 aromatic rings. The summed E-state index contributed by atoms with van der Waals surface area (Å²) in [6.45, 7) is 2.16. The highest BCUT2D eigenvalue weighted by atomic mass is 16.5. The van der Waals surface area contributed by atoms with Gasteiger partial charge in [-0.05, 0) is 73.8 Å². The van der Waals surface area contributed by atoms with Crippen molar-refractivity contribution in [2.24, 2.45) is 40.9 Å². The van der Waals surface area contributed by atoms with Gasteiger partial charge in [0.05, 0.1) is 5.41 Å². The number of carbonyl (C=O) groups is 1. The summed E-state index contributed by atoms with van der Waals surface area (Å²) < 4.78 is 5.73. The highest BCUT2D eigenvalue weighted by Gasteiger charge is 2.67. The van der Waals surface area contributed by atoms with Crippen LogP contribution in [0, 0.1) is 40.9 Å². The lowest BCUT2D eigenvalue weighted by Gasteiger charge is -2.41. The molecule has 4 bridgehead atoms. The van der Waals surface area contributed by atoms with E-state index in [-0.39, 0.29) is 11.4 Å². The van der Waals surface area contributed by atoms with E-state index in [1.54, 1.807) is 0 Å². The fourth-order valence-electron chi connectivity index (χ4n) is 6.32. The summed E-state index contributed by atoms with van der Waals surface area (Å²) in [6, 6.07) is 9.53. The molecule has 4 aliphatic rings. The summed E-state index contributed by atoms with van der Waals surface area (Å²) in [5, 5.41) is 0. The molecule has 7 unspecified atom stereocenters. The maximum absolute atomic E-state index is 12.9. The summed E-state index contributed by atoms with van der Waals surface area (Å²) in [6.07, 6.45) is 8.49. The first-order valence-electron chi connectivity index (χ1n) is 8.62. The van der Waals surface area contributed by atoms with Crippen LogP contribution in [0.1, 0.15) is 26.2 Å². The van der Waals surface area contributed by atoms with E-state index in [1.165, 1.54) is 12.8 Å².